The second-order valence-corrected chi connectivity index (χ2v) is 5.01. The monoisotopic (exact) mass is 426 g/mol. The van der Waals surface area contributed by atoms with Crippen molar-refractivity contribution in [3.05, 3.63) is 53.7 Å². The molecule has 23 heavy (non-hydrogen) atoms. The Morgan fingerprint density at radius 3 is 2.70 bits per heavy atom. The molecule has 6 heteroatoms. The Bertz CT molecular complexity index is 629. The van der Waals surface area contributed by atoms with E-state index in [9.17, 15) is 0 Å². The van der Waals surface area contributed by atoms with Gasteiger partial charge >= 0.3 is 0 Å². The van der Waals surface area contributed by atoms with Crippen molar-refractivity contribution < 1.29 is 4.74 Å². The molecule has 3 N–H and O–H groups in total. The predicted octanol–water partition coefficient (Wildman–Crippen LogP) is 3.72. The van der Waals surface area contributed by atoms with E-state index in [1.807, 2.05) is 43.3 Å². The lowest BCUT2D eigenvalue weighted by molar-refractivity contribution is 0.302. The third kappa shape index (κ3) is 6.43. The van der Waals surface area contributed by atoms with Crippen molar-refractivity contribution in [3.63, 3.8) is 0 Å². The van der Waals surface area contributed by atoms with Gasteiger partial charge in [-0.3, -0.25) is 0 Å². The Labute approximate surface area is 154 Å². The molecule has 0 radical (unpaired) electrons. The van der Waals surface area contributed by atoms with Crippen molar-refractivity contribution in [3.8, 4) is 5.88 Å². The van der Waals surface area contributed by atoms with E-state index in [-0.39, 0.29) is 24.0 Å². The number of benzene rings is 1. The Kier molecular flexibility index (Phi) is 8.39. The summed E-state index contributed by atoms with van der Waals surface area (Å²) < 4.78 is 5.61. The zero-order chi connectivity index (χ0) is 15.8. The number of ether oxygens (including phenoxy) is 1. The van der Waals surface area contributed by atoms with E-state index in [2.05, 4.69) is 22.2 Å². The van der Waals surface area contributed by atoms with Crippen molar-refractivity contribution in [1.29, 1.82) is 0 Å². The van der Waals surface area contributed by atoms with Gasteiger partial charge in [-0.1, -0.05) is 30.7 Å². The van der Waals surface area contributed by atoms with Crippen LogP contribution in [0.5, 0.6) is 5.88 Å². The van der Waals surface area contributed by atoms with Crippen LogP contribution in [0.1, 0.15) is 24.5 Å². The number of hydrogen-bond donors (Lipinski definition) is 2. The largest absolute Gasteiger partial charge is 0.477 e. The number of guanidine groups is 1. The van der Waals surface area contributed by atoms with Gasteiger partial charge in [0.05, 0.1) is 13.2 Å². The van der Waals surface area contributed by atoms with Crippen molar-refractivity contribution in [2.45, 2.75) is 26.8 Å². The SMILES string of the molecule is CCCOc1ncccc1CN=C(N)Nc1ccc(C)cc1.I. The molecule has 0 unspecified atom stereocenters. The summed E-state index contributed by atoms with van der Waals surface area (Å²) >= 11 is 0. The average molecular weight is 426 g/mol. The van der Waals surface area contributed by atoms with E-state index < -0.39 is 0 Å². The molecule has 0 aliphatic carbocycles. The number of nitrogens with zero attached hydrogens (tertiary/aromatic N) is 2. The molecule has 0 spiro atoms. The Hall–Kier alpha value is -1.83. The number of pyridine rings is 1. The smallest absolute Gasteiger partial charge is 0.218 e. The predicted molar refractivity (Wildman–Crippen MR) is 106 cm³/mol. The zero-order valence-electron chi connectivity index (χ0n) is 13.5. The number of aromatic nitrogens is 1. The Morgan fingerprint density at radius 2 is 2.00 bits per heavy atom. The molecule has 0 atom stereocenters. The van der Waals surface area contributed by atoms with E-state index in [0.717, 1.165) is 17.7 Å². The van der Waals surface area contributed by atoms with Gasteiger partial charge in [0.15, 0.2) is 5.96 Å². The summed E-state index contributed by atoms with van der Waals surface area (Å²) in [6, 6.07) is 11.8. The number of anilines is 1. The van der Waals surface area contributed by atoms with Gasteiger partial charge in [0.25, 0.3) is 0 Å². The first kappa shape index (κ1) is 19.2. The molecule has 1 aromatic carbocycles. The van der Waals surface area contributed by atoms with Crippen LogP contribution in [-0.2, 0) is 6.54 Å². The lowest BCUT2D eigenvalue weighted by Gasteiger charge is -2.09. The van der Waals surface area contributed by atoms with Gasteiger partial charge in [0, 0.05) is 17.4 Å². The third-order valence-corrected chi connectivity index (χ3v) is 3.04. The van der Waals surface area contributed by atoms with E-state index in [4.69, 9.17) is 10.5 Å². The maximum atomic E-state index is 5.92. The quantitative estimate of drug-likeness (QED) is 0.420. The van der Waals surface area contributed by atoms with Gasteiger partial charge < -0.3 is 15.8 Å². The van der Waals surface area contributed by atoms with Crippen LogP contribution >= 0.6 is 24.0 Å². The second-order valence-electron chi connectivity index (χ2n) is 5.01. The summed E-state index contributed by atoms with van der Waals surface area (Å²) in [5.41, 5.74) is 8.96. The van der Waals surface area contributed by atoms with Gasteiger partial charge in [-0.25, -0.2) is 9.98 Å². The normalized spacial score (nSPS) is 10.8. The van der Waals surface area contributed by atoms with Crippen molar-refractivity contribution in [2.75, 3.05) is 11.9 Å². The number of nitrogens with one attached hydrogen (secondary N) is 1. The molecular formula is C17H23IN4O. The lowest BCUT2D eigenvalue weighted by atomic mass is 10.2. The second kappa shape index (κ2) is 10.0. The van der Waals surface area contributed by atoms with Crippen LogP contribution in [0, 0.1) is 6.92 Å². The van der Waals surface area contributed by atoms with Crippen molar-refractivity contribution in [1.82, 2.24) is 4.98 Å². The molecule has 0 aliphatic heterocycles. The molecule has 0 bridgehead atoms. The minimum Gasteiger partial charge on any atom is -0.477 e. The molecule has 0 saturated carbocycles. The molecule has 5 nitrogen and oxygen atoms in total. The molecule has 0 fully saturated rings. The summed E-state index contributed by atoms with van der Waals surface area (Å²) in [4.78, 5) is 8.58. The molecule has 0 saturated heterocycles. The first-order valence-corrected chi connectivity index (χ1v) is 7.39. The van der Waals surface area contributed by atoms with Gasteiger partial charge in [-0.2, -0.15) is 0 Å². The van der Waals surface area contributed by atoms with Crippen LogP contribution in [0.3, 0.4) is 0 Å². The Balaban J connectivity index is 0.00000264. The van der Waals surface area contributed by atoms with Crippen LogP contribution < -0.4 is 15.8 Å². The number of hydrogen-bond acceptors (Lipinski definition) is 3. The third-order valence-electron chi connectivity index (χ3n) is 3.04. The summed E-state index contributed by atoms with van der Waals surface area (Å²) in [6.45, 7) is 5.17. The number of aryl methyl sites for hydroxylation is 1. The van der Waals surface area contributed by atoms with Crippen molar-refractivity contribution >= 4 is 35.6 Å². The van der Waals surface area contributed by atoms with Gasteiger partial charge in [-0.05, 0) is 31.5 Å². The molecular weight excluding hydrogens is 403 g/mol. The fourth-order valence-electron chi connectivity index (χ4n) is 1.87. The number of aliphatic imine (C=N–C) groups is 1. The average Bonchev–Trinajstić information content (AvgIpc) is 2.54. The highest BCUT2D eigenvalue weighted by Crippen LogP contribution is 2.15. The summed E-state index contributed by atoms with van der Waals surface area (Å²) in [5, 5.41) is 3.07. The van der Waals surface area contributed by atoms with Crippen LogP contribution in [0.2, 0.25) is 0 Å². The van der Waals surface area contributed by atoms with Crippen molar-refractivity contribution in [2.24, 2.45) is 10.7 Å². The van der Waals surface area contributed by atoms with E-state index in [1.165, 1.54) is 5.56 Å². The lowest BCUT2D eigenvalue weighted by Crippen LogP contribution is -2.22. The van der Waals surface area contributed by atoms with E-state index in [1.54, 1.807) is 6.20 Å². The van der Waals surface area contributed by atoms with E-state index >= 15 is 0 Å². The number of halogens is 1. The minimum absolute atomic E-state index is 0. The molecule has 0 aliphatic rings. The maximum absolute atomic E-state index is 5.92. The van der Waals surface area contributed by atoms with Gasteiger partial charge in [0.1, 0.15) is 0 Å². The van der Waals surface area contributed by atoms with Gasteiger partial charge in [0.2, 0.25) is 5.88 Å². The molecule has 2 rings (SSSR count). The van der Waals surface area contributed by atoms with Crippen LogP contribution in [-0.4, -0.2) is 17.6 Å². The summed E-state index contributed by atoms with van der Waals surface area (Å²) in [6.07, 6.45) is 2.66. The highest BCUT2D eigenvalue weighted by atomic mass is 127. The van der Waals surface area contributed by atoms with Crippen LogP contribution in [0.15, 0.2) is 47.6 Å². The standard InChI is InChI=1S/C17H22N4O.HI/c1-3-11-22-16-14(5-4-10-19-16)12-20-17(18)21-15-8-6-13(2)7-9-15;/h4-10H,3,11-12H2,1-2H3,(H3,18,20,21);1H. The first-order chi connectivity index (χ1) is 10.7. The zero-order valence-corrected chi connectivity index (χ0v) is 15.8. The van der Waals surface area contributed by atoms with Gasteiger partial charge in [-0.15, -0.1) is 24.0 Å². The fraction of sp³-hybridized carbons (Fsp3) is 0.294. The summed E-state index contributed by atoms with van der Waals surface area (Å²) in [5.74, 6) is 0.991. The molecule has 1 heterocycles. The fourth-order valence-corrected chi connectivity index (χ4v) is 1.87. The highest BCUT2D eigenvalue weighted by molar-refractivity contribution is 14.0. The minimum atomic E-state index is 0. The molecule has 2 aromatic rings. The van der Waals surface area contributed by atoms with Crippen LogP contribution in [0.4, 0.5) is 5.69 Å². The van der Waals surface area contributed by atoms with E-state index in [0.29, 0.717) is 25.0 Å². The first-order valence-electron chi connectivity index (χ1n) is 7.39. The summed E-state index contributed by atoms with van der Waals surface area (Å²) in [7, 11) is 0. The molecule has 1 aromatic heterocycles. The maximum Gasteiger partial charge on any atom is 0.218 e. The Morgan fingerprint density at radius 1 is 1.26 bits per heavy atom. The highest BCUT2D eigenvalue weighted by Gasteiger charge is 2.04. The van der Waals surface area contributed by atoms with Crippen LogP contribution in [0.25, 0.3) is 0 Å². The number of nitrogens with two attached hydrogens (primary N) is 1. The number of rotatable bonds is 6. The molecule has 124 valence electrons. The topological polar surface area (TPSA) is 72.5 Å². The molecule has 0 amide bonds.